The van der Waals surface area contributed by atoms with Crippen molar-refractivity contribution in [3.8, 4) is 0 Å². The predicted octanol–water partition coefficient (Wildman–Crippen LogP) is 4.09. The van der Waals surface area contributed by atoms with Crippen LogP contribution < -0.4 is 5.32 Å². The van der Waals surface area contributed by atoms with Gasteiger partial charge in [0.25, 0.3) is 5.91 Å². The van der Waals surface area contributed by atoms with Crippen molar-refractivity contribution in [2.45, 2.75) is 46.0 Å². The van der Waals surface area contributed by atoms with E-state index in [-0.39, 0.29) is 5.91 Å². The highest BCUT2D eigenvalue weighted by molar-refractivity contribution is 7.15. The molecule has 0 atom stereocenters. The molecule has 1 aromatic carbocycles. The second-order valence-corrected chi connectivity index (χ2v) is 7.51. The summed E-state index contributed by atoms with van der Waals surface area (Å²) in [6.07, 6.45) is 4.91. The Labute approximate surface area is 150 Å². The molecule has 1 aliphatic rings. The Hall–Kier alpha value is -2.34. The minimum Gasteiger partial charge on any atom is -0.296 e. The predicted molar refractivity (Wildman–Crippen MR) is 100 cm³/mol. The molecule has 0 saturated carbocycles. The lowest BCUT2D eigenvalue weighted by atomic mass is 9.89. The van der Waals surface area contributed by atoms with Crippen LogP contribution in [0.15, 0.2) is 18.2 Å². The number of aromatic nitrogens is 3. The summed E-state index contributed by atoms with van der Waals surface area (Å²) in [5.74, 6) is -0.102. The Balaban J connectivity index is 1.83. The van der Waals surface area contributed by atoms with Gasteiger partial charge < -0.3 is 0 Å². The largest absolute Gasteiger partial charge is 0.296 e. The van der Waals surface area contributed by atoms with Crippen molar-refractivity contribution in [3.05, 3.63) is 45.6 Å². The number of nitrogens with one attached hydrogen (secondary N) is 1. The lowest BCUT2D eigenvalue weighted by molar-refractivity contribution is 0.102. The topological polar surface area (TPSA) is 67.8 Å². The molecule has 2 aromatic heterocycles. The van der Waals surface area contributed by atoms with Crippen molar-refractivity contribution >= 4 is 33.3 Å². The van der Waals surface area contributed by atoms with Gasteiger partial charge in [-0.05, 0) is 56.7 Å². The molecule has 1 amide bonds. The van der Waals surface area contributed by atoms with Gasteiger partial charge in [-0.25, -0.2) is 0 Å². The van der Waals surface area contributed by atoms with E-state index in [1.807, 2.05) is 26.0 Å². The molecule has 5 nitrogen and oxygen atoms in total. The number of carbonyl (C=O) groups is 1. The molecule has 128 valence electrons. The quantitative estimate of drug-likeness (QED) is 0.771. The van der Waals surface area contributed by atoms with Crippen LogP contribution in [0.3, 0.4) is 0 Å². The number of hydrogen-bond donors (Lipinski definition) is 1. The molecule has 25 heavy (non-hydrogen) atoms. The van der Waals surface area contributed by atoms with Gasteiger partial charge in [-0.2, -0.15) is 0 Å². The van der Waals surface area contributed by atoms with Crippen LogP contribution in [-0.2, 0) is 19.3 Å². The molecule has 0 aliphatic heterocycles. The number of hydrogen-bond acceptors (Lipinski definition) is 5. The SMILES string of the molecule is CCc1nnc(NC(=O)c2c3c(nc4ccc(C)cc24)CCCC3)s1. The number of benzene rings is 1. The maximum absolute atomic E-state index is 13.1. The van der Waals surface area contributed by atoms with Crippen LogP contribution >= 0.6 is 11.3 Å². The standard InChI is InChI=1S/C19H20N4OS/c1-3-16-22-23-19(25-16)21-18(24)17-12-6-4-5-7-14(12)20-15-9-8-11(2)10-13(15)17/h8-10H,3-7H2,1-2H3,(H,21,23,24). The van der Waals surface area contributed by atoms with E-state index in [0.717, 1.165) is 70.4 Å². The van der Waals surface area contributed by atoms with Gasteiger partial charge in [-0.3, -0.25) is 15.1 Å². The zero-order valence-electron chi connectivity index (χ0n) is 14.4. The number of nitrogens with zero attached hydrogens (tertiary/aromatic N) is 3. The van der Waals surface area contributed by atoms with Crippen molar-refractivity contribution in [2.75, 3.05) is 5.32 Å². The zero-order valence-corrected chi connectivity index (χ0v) is 15.2. The molecule has 1 aliphatic carbocycles. The van der Waals surface area contributed by atoms with Crippen molar-refractivity contribution in [2.24, 2.45) is 0 Å². The molecular weight excluding hydrogens is 332 g/mol. The minimum absolute atomic E-state index is 0.102. The number of anilines is 1. The first-order chi connectivity index (χ1) is 12.2. The molecule has 0 spiro atoms. The Morgan fingerprint density at radius 1 is 1.24 bits per heavy atom. The van der Waals surface area contributed by atoms with Gasteiger partial charge >= 0.3 is 0 Å². The second-order valence-electron chi connectivity index (χ2n) is 6.45. The summed E-state index contributed by atoms with van der Waals surface area (Å²) in [7, 11) is 0. The van der Waals surface area contributed by atoms with Gasteiger partial charge in [0, 0.05) is 11.1 Å². The fourth-order valence-corrected chi connectivity index (χ4v) is 4.08. The van der Waals surface area contributed by atoms with E-state index in [9.17, 15) is 4.79 Å². The number of amides is 1. The van der Waals surface area contributed by atoms with E-state index in [0.29, 0.717) is 5.13 Å². The van der Waals surface area contributed by atoms with Gasteiger partial charge in [0.15, 0.2) is 0 Å². The normalized spacial score (nSPS) is 13.7. The van der Waals surface area contributed by atoms with Crippen LogP contribution in [0, 0.1) is 6.92 Å². The minimum atomic E-state index is -0.102. The molecular formula is C19H20N4OS. The van der Waals surface area contributed by atoms with E-state index < -0.39 is 0 Å². The van der Waals surface area contributed by atoms with E-state index >= 15 is 0 Å². The smallest absolute Gasteiger partial charge is 0.258 e. The van der Waals surface area contributed by atoms with Crippen molar-refractivity contribution in [1.29, 1.82) is 0 Å². The van der Waals surface area contributed by atoms with E-state index in [2.05, 4.69) is 21.6 Å². The highest BCUT2D eigenvalue weighted by Gasteiger charge is 2.23. The maximum Gasteiger partial charge on any atom is 0.258 e. The molecule has 3 aromatic rings. The van der Waals surface area contributed by atoms with Crippen molar-refractivity contribution in [3.63, 3.8) is 0 Å². The van der Waals surface area contributed by atoms with Crippen LogP contribution in [0.4, 0.5) is 5.13 Å². The Morgan fingerprint density at radius 2 is 2.08 bits per heavy atom. The fraction of sp³-hybridized carbons (Fsp3) is 0.368. The molecule has 0 radical (unpaired) electrons. The average Bonchev–Trinajstić information content (AvgIpc) is 3.07. The third-order valence-electron chi connectivity index (χ3n) is 4.63. The van der Waals surface area contributed by atoms with Crippen molar-refractivity contribution < 1.29 is 4.79 Å². The maximum atomic E-state index is 13.1. The molecule has 2 heterocycles. The monoisotopic (exact) mass is 352 g/mol. The molecule has 0 unspecified atom stereocenters. The van der Waals surface area contributed by atoms with Crippen LogP contribution in [0.25, 0.3) is 10.9 Å². The third kappa shape index (κ3) is 3.02. The zero-order chi connectivity index (χ0) is 17.4. The second kappa shape index (κ2) is 6.52. The molecule has 4 rings (SSSR count). The number of carbonyl (C=O) groups excluding carboxylic acids is 1. The molecule has 0 bridgehead atoms. The Morgan fingerprint density at radius 3 is 2.88 bits per heavy atom. The van der Waals surface area contributed by atoms with Crippen LogP contribution in [0.5, 0.6) is 0 Å². The first kappa shape index (κ1) is 16.1. The summed E-state index contributed by atoms with van der Waals surface area (Å²) in [5.41, 5.74) is 4.95. The van der Waals surface area contributed by atoms with Gasteiger partial charge in [0.2, 0.25) is 5.13 Å². The van der Waals surface area contributed by atoms with E-state index in [4.69, 9.17) is 4.98 Å². The molecule has 0 fully saturated rings. The van der Waals surface area contributed by atoms with E-state index in [1.165, 1.54) is 11.3 Å². The fourth-order valence-electron chi connectivity index (χ4n) is 3.40. The lowest BCUT2D eigenvalue weighted by Gasteiger charge is -2.20. The summed E-state index contributed by atoms with van der Waals surface area (Å²) in [5, 5.41) is 13.5. The van der Waals surface area contributed by atoms with Gasteiger partial charge in [0.1, 0.15) is 5.01 Å². The summed E-state index contributed by atoms with van der Waals surface area (Å²) in [4.78, 5) is 17.9. The molecule has 0 saturated heterocycles. The highest BCUT2D eigenvalue weighted by atomic mass is 32.1. The first-order valence-corrected chi connectivity index (χ1v) is 9.53. The third-order valence-corrected chi connectivity index (χ3v) is 5.62. The first-order valence-electron chi connectivity index (χ1n) is 8.71. The van der Waals surface area contributed by atoms with Gasteiger partial charge in [-0.15, -0.1) is 10.2 Å². The van der Waals surface area contributed by atoms with Crippen molar-refractivity contribution in [1.82, 2.24) is 15.2 Å². The Bertz CT molecular complexity index is 963. The van der Waals surface area contributed by atoms with Gasteiger partial charge in [-0.1, -0.05) is 29.9 Å². The highest BCUT2D eigenvalue weighted by Crippen LogP contribution is 2.30. The number of aryl methyl sites for hydroxylation is 3. The summed E-state index contributed by atoms with van der Waals surface area (Å²) in [6.45, 7) is 4.07. The van der Waals surface area contributed by atoms with E-state index in [1.54, 1.807) is 0 Å². The summed E-state index contributed by atoms with van der Waals surface area (Å²) < 4.78 is 0. The number of rotatable bonds is 3. The van der Waals surface area contributed by atoms with Crippen LogP contribution in [-0.4, -0.2) is 21.1 Å². The van der Waals surface area contributed by atoms with Gasteiger partial charge in [0.05, 0.1) is 11.1 Å². The van der Waals surface area contributed by atoms with Crippen LogP contribution in [0.2, 0.25) is 0 Å². The average molecular weight is 352 g/mol. The van der Waals surface area contributed by atoms with Crippen LogP contribution in [0.1, 0.15) is 52.0 Å². The summed E-state index contributed by atoms with van der Waals surface area (Å²) in [6, 6.07) is 6.12. The number of fused-ring (bicyclic) bond motifs is 2. The number of pyridine rings is 1. The lowest BCUT2D eigenvalue weighted by Crippen LogP contribution is -2.19. The summed E-state index contributed by atoms with van der Waals surface area (Å²) >= 11 is 1.43. The Kier molecular flexibility index (Phi) is 4.21. The molecule has 1 N–H and O–H groups in total. The molecule has 6 heteroatoms.